The minimum atomic E-state index is -0.602. The van der Waals surface area contributed by atoms with Gasteiger partial charge in [-0.1, -0.05) is 0 Å². The molecule has 1 saturated heterocycles. The van der Waals surface area contributed by atoms with Gasteiger partial charge in [-0.15, -0.1) is 0 Å². The fraction of sp³-hybridized carbons (Fsp3) is 0.500. The number of carbonyl (C=O) groups excluding carboxylic acids is 1. The molecule has 6 heteroatoms. The normalized spacial score (nSPS) is 18.8. The van der Waals surface area contributed by atoms with Crippen molar-refractivity contribution in [3.8, 4) is 0 Å². The van der Waals surface area contributed by atoms with E-state index in [0.29, 0.717) is 38.2 Å². The largest absolute Gasteiger partial charge is 0.378 e. The molecule has 1 aliphatic heterocycles. The van der Waals surface area contributed by atoms with Crippen LogP contribution >= 0.6 is 0 Å². The number of hydrogen-bond donors (Lipinski definition) is 2. The summed E-state index contributed by atoms with van der Waals surface area (Å²) < 4.78 is 31.2. The monoisotopic (exact) mass is 284 g/mol. The van der Waals surface area contributed by atoms with Crippen molar-refractivity contribution in [2.24, 2.45) is 0 Å². The highest BCUT2D eigenvalue weighted by Crippen LogP contribution is 2.08. The lowest BCUT2D eigenvalue weighted by molar-refractivity contribution is -0.122. The van der Waals surface area contributed by atoms with E-state index in [0.717, 1.165) is 12.6 Å². The minimum absolute atomic E-state index is 0.0374. The average Bonchev–Trinajstić information content (AvgIpc) is 2.38. The maximum Gasteiger partial charge on any atom is 0.221 e. The van der Waals surface area contributed by atoms with E-state index in [1.165, 1.54) is 12.1 Å². The number of halogens is 2. The van der Waals surface area contributed by atoms with Crippen LogP contribution in [0.1, 0.15) is 12.0 Å². The van der Waals surface area contributed by atoms with Crippen molar-refractivity contribution in [3.05, 3.63) is 35.4 Å². The molecule has 1 aliphatic rings. The summed E-state index contributed by atoms with van der Waals surface area (Å²) in [6.07, 6.45) is 0.743. The van der Waals surface area contributed by atoms with E-state index < -0.39 is 11.6 Å². The Balaban J connectivity index is 1.70. The molecule has 110 valence electrons. The molecule has 1 aromatic rings. The molecule has 0 spiro atoms. The van der Waals surface area contributed by atoms with Gasteiger partial charge in [-0.05, 0) is 24.1 Å². The smallest absolute Gasteiger partial charge is 0.221 e. The lowest BCUT2D eigenvalue weighted by Crippen LogP contribution is -2.44. The molecule has 1 amide bonds. The van der Waals surface area contributed by atoms with Crippen LogP contribution in [0.5, 0.6) is 0 Å². The molecule has 1 heterocycles. The molecule has 0 bridgehead atoms. The number of benzene rings is 1. The lowest BCUT2D eigenvalue weighted by atomic mass is 10.1. The number of hydrogen-bond acceptors (Lipinski definition) is 3. The van der Waals surface area contributed by atoms with E-state index in [-0.39, 0.29) is 11.9 Å². The summed E-state index contributed by atoms with van der Waals surface area (Å²) in [7, 11) is 0. The summed E-state index contributed by atoms with van der Waals surface area (Å²) in [5, 5.41) is 5.93. The molecular weight excluding hydrogens is 266 g/mol. The first kappa shape index (κ1) is 14.9. The highest BCUT2D eigenvalue weighted by atomic mass is 19.1. The van der Waals surface area contributed by atoms with Gasteiger partial charge in [-0.25, -0.2) is 8.78 Å². The topological polar surface area (TPSA) is 50.4 Å². The summed E-state index contributed by atoms with van der Waals surface area (Å²) >= 11 is 0. The van der Waals surface area contributed by atoms with Crippen LogP contribution in [0.2, 0.25) is 0 Å². The Morgan fingerprint density at radius 2 is 2.10 bits per heavy atom. The first-order chi connectivity index (χ1) is 9.63. The van der Waals surface area contributed by atoms with Gasteiger partial charge in [0, 0.05) is 31.6 Å². The molecule has 0 aliphatic carbocycles. The minimum Gasteiger partial charge on any atom is -0.378 e. The molecule has 2 rings (SSSR count). The van der Waals surface area contributed by atoms with Crippen molar-refractivity contribution in [2.75, 3.05) is 26.3 Å². The van der Waals surface area contributed by atoms with Crippen molar-refractivity contribution >= 4 is 5.91 Å². The molecule has 4 nitrogen and oxygen atoms in total. The summed E-state index contributed by atoms with van der Waals surface area (Å²) in [5.41, 5.74) is 0.530. The van der Waals surface area contributed by atoms with Crippen LogP contribution in [-0.4, -0.2) is 38.3 Å². The second-order valence-corrected chi connectivity index (χ2v) is 4.81. The van der Waals surface area contributed by atoms with Crippen molar-refractivity contribution in [3.63, 3.8) is 0 Å². The van der Waals surface area contributed by atoms with Crippen LogP contribution < -0.4 is 10.6 Å². The molecule has 0 aromatic heterocycles. The molecular formula is C14H18F2N2O2. The number of carbonyl (C=O) groups is 1. The number of nitrogens with one attached hydrogen (secondary N) is 2. The highest BCUT2D eigenvalue weighted by Gasteiger charge is 2.16. The SMILES string of the molecule is O=C(CC1COCCN1)NCCc1cc(F)cc(F)c1. The molecule has 0 radical (unpaired) electrons. The van der Waals surface area contributed by atoms with Gasteiger partial charge in [0.05, 0.1) is 13.2 Å². The molecule has 1 fully saturated rings. The van der Waals surface area contributed by atoms with Crippen LogP contribution in [-0.2, 0) is 16.0 Å². The zero-order valence-corrected chi connectivity index (χ0v) is 11.1. The molecule has 1 unspecified atom stereocenters. The Kier molecular flexibility index (Phi) is 5.43. The molecule has 1 aromatic carbocycles. The number of morpholine rings is 1. The Morgan fingerprint density at radius 1 is 1.35 bits per heavy atom. The first-order valence-electron chi connectivity index (χ1n) is 6.66. The fourth-order valence-electron chi connectivity index (χ4n) is 2.15. The van der Waals surface area contributed by atoms with E-state index >= 15 is 0 Å². The molecule has 0 saturated carbocycles. The number of ether oxygens (including phenoxy) is 1. The van der Waals surface area contributed by atoms with Crippen molar-refractivity contribution < 1.29 is 18.3 Å². The van der Waals surface area contributed by atoms with E-state index in [1.807, 2.05) is 0 Å². The number of rotatable bonds is 5. The second kappa shape index (κ2) is 7.31. The Morgan fingerprint density at radius 3 is 2.75 bits per heavy atom. The first-order valence-corrected chi connectivity index (χ1v) is 6.66. The lowest BCUT2D eigenvalue weighted by Gasteiger charge is -2.23. The number of amides is 1. The van der Waals surface area contributed by atoms with E-state index in [1.54, 1.807) is 0 Å². The fourth-order valence-corrected chi connectivity index (χ4v) is 2.15. The zero-order valence-electron chi connectivity index (χ0n) is 11.1. The van der Waals surface area contributed by atoms with Crippen LogP contribution in [0.4, 0.5) is 8.78 Å². The Hall–Kier alpha value is -1.53. The third-order valence-electron chi connectivity index (χ3n) is 3.09. The summed E-state index contributed by atoms with van der Waals surface area (Å²) in [6.45, 7) is 2.31. The van der Waals surface area contributed by atoms with E-state index in [9.17, 15) is 13.6 Å². The predicted molar refractivity (Wildman–Crippen MR) is 70.3 cm³/mol. The summed E-state index contributed by atoms with van der Waals surface area (Å²) in [5.74, 6) is -1.30. The zero-order chi connectivity index (χ0) is 14.4. The molecule has 2 N–H and O–H groups in total. The van der Waals surface area contributed by atoms with E-state index in [4.69, 9.17) is 4.74 Å². The maximum absolute atomic E-state index is 13.0. The van der Waals surface area contributed by atoms with Crippen molar-refractivity contribution in [2.45, 2.75) is 18.9 Å². The van der Waals surface area contributed by atoms with Gasteiger partial charge in [0.2, 0.25) is 5.91 Å². The Bertz CT molecular complexity index is 442. The maximum atomic E-state index is 13.0. The van der Waals surface area contributed by atoms with Gasteiger partial charge < -0.3 is 15.4 Å². The Labute approximate surface area is 116 Å². The summed E-state index contributed by atoms with van der Waals surface area (Å²) in [6, 6.07) is 3.41. The van der Waals surface area contributed by atoms with Gasteiger partial charge in [-0.2, -0.15) is 0 Å². The average molecular weight is 284 g/mol. The molecule has 20 heavy (non-hydrogen) atoms. The summed E-state index contributed by atoms with van der Waals surface area (Å²) in [4.78, 5) is 11.7. The third kappa shape index (κ3) is 4.86. The third-order valence-corrected chi connectivity index (χ3v) is 3.09. The van der Waals surface area contributed by atoms with Crippen LogP contribution in [0.15, 0.2) is 18.2 Å². The van der Waals surface area contributed by atoms with Crippen LogP contribution in [0.3, 0.4) is 0 Å². The van der Waals surface area contributed by atoms with Gasteiger partial charge >= 0.3 is 0 Å². The van der Waals surface area contributed by atoms with Crippen LogP contribution in [0, 0.1) is 11.6 Å². The van der Waals surface area contributed by atoms with Crippen molar-refractivity contribution in [1.82, 2.24) is 10.6 Å². The quantitative estimate of drug-likeness (QED) is 0.848. The second-order valence-electron chi connectivity index (χ2n) is 4.81. The van der Waals surface area contributed by atoms with Gasteiger partial charge in [0.15, 0.2) is 0 Å². The van der Waals surface area contributed by atoms with Gasteiger partial charge in [-0.3, -0.25) is 4.79 Å². The molecule has 1 atom stereocenters. The van der Waals surface area contributed by atoms with Crippen LogP contribution in [0.25, 0.3) is 0 Å². The highest BCUT2D eigenvalue weighted by molar-refractivity contribution is 5.76. The standard InChI is InChI=1S/C14H18F2N2O2/c15-11-5-10(6-12(16)7-11)1-2-18-14(19)8-13-9-20-4-3-17-13/h5-7,13,17H,1-4,8-9H2,(H,18,19). The van der Waals surface area contributed by atoms with E-state index in [2.05, 4.69) is 10.6 Å². The van der Waals surface area contributed by atoms with Gasteiger partial charge in [0.1, 0.15) is 11.6 Å². The predicted octanol–water partition coefficient (Wildman–Crippen LogP) is 1.00. The van der Waals surface area contributed by atoms with Crippen molar-refractivity contribution in [1.29, 1.82) is 0 Å². The van der Waals surface area contributed by atoms with Gasteiger partial charge in [0.25, 0.3) is 0 Å².